The molecular weight excluding hydrogens is 308 g/mol. The standard InChI is InChI=1S/C18H22N2O4/c1-3-24-16-6-4-5-14(11-16)20-18(22)19-12-17(21)13-7-9-15(23-2)10-8-13/h4-11,17,21H,3,12H2,1-2H3,(H2,19,20,22). The Labute approximate surface area is 141 Å². The van der Waals surface area contributed by atoms with Gasteiger partial charge in [-0.05, 0) is 36.8 Å². The zero-order valence-corrected chi connectivity index (χ0v) is 13.8. The molecule has 0 fully saturated rings. The van der Waals surface area contributed by atoms with Gasteiger partial charge in [0.05, 0.1) is 19.8 Å². The van der Waals surface area contributed by atoms with Crippen LogP contribution in [0.1, 0.15) is 18.6 Å². The third-order valence-corrected chi connectivity index (χ3v) is 3.36. The predicted molar refractivity (Wildman–Crippen MR) is 92.6 cm³/mol. The van der Waals surface area contributed by atoms with E-state index in [0.29, 0.717) is 29.4 Å². The molecule has 0 saturated carbocycles. The molecule has 0 heterocycles. The molecule has 1 atom stereocenters. The molecular formula is C18H22N2O4. The lowest BCUT2D eigenvalue weighted by atomic mass is 10.1. The van der Waals surface area contributed by atoms with Gasteiger partial charge in [0, 0.05) is 18.3 Å². The molecule has 0 spiro atoms. The summed E-state index contributed by atoms with van der Waals surface area (Å²) in [7, 11) is 1.58. The lowest BCUT2D eigenvalue weighted by Gasteiger charge is -2.14. The van der Waals surface area contributed by atoms with E-state index in [9.17, 15) is 9.90 Å². The Kier molecular flexibility index (Phi) is 6.45. The van der Waals surface area contributed by atoms with Gasteiger partial charge in [0.15, 0.2) is 0 Å². The van der Waals surface area contributed by atoms with Gasteiger partial charge in [0.25, 0.3) is 0 Å². The van der Waals surface area contributed by atoms with Crippen molar-refractivity contribution in [2.24, 2.45) is 0 Å². The van der Waals surface area contributed by atoms with Crippen molar-refractivity contribution in [1.82, 2.24) is 5.32 Å². The van der Waals surface area contributed by atoms with Gasteiger partial charge in [-0.2, -0.15) is 0 Å². The van der Waals surface area contributed by atoms with Gasteiger partial charge < -0.3 is 25.2 Å². The number of hydrogen-bond donors (Lipinski definition) is 3. The van der Waals surface area contributed by atoms with Gasteiger partial charge in [-0.1, -0.05) is 18.2 Å². The van der Waals surface area contributed by atoms with Crippen molar-refractivity contribution in [3.63, 3.8) is 0 Å². The van der Waals surface area contributed by atoms with Crippen molar-refractivity contribution in [2.45, 2.75) is 13.0 Å². The van der Waals surface area contributed by atoms with E-state index in [-0.39, 0.29) is 6.54 Å². The van der Waals surface area contributed by atoms with Crippen molar-refractivity contribution in [3.05, 3.63) is 54.1 Å². The summed E-state index contributed by atoms with van der Waals surface area (Å²) in [6.07, 6.45) is -0.795. The second kappa shape index (κ2) is 8.79. The number of urea groups is 1. The number of carbonyl (C=O) groups excluding carboxylic acids is 1. The van der Waals surface area contributed by atoms with Gasteiger partial charge in [0.1, 0.15) is 11.5 Å². The minimum Gasteiger partial charge on any atom is -0.497 e. The van der Waals surface area contributed by atoms with Crippen molar-refractivity contribution < 1.29 is 19.4 Å². The van der Waals surface area contributed by atoms with Gasteiger partial charge in [-0.25, -0.2) is 4.79 Å². The Morgan fingerprint density at radius 3 is 2.58 bits per heavy atom. The summed E-state index contributed by atoms with van der Waals surface area (Å²) in [5.41, 5.74) is 1.33. The second-order valence-corrected chi connectivity index (χ2v) is 5.08. The second-order valence-electron chi connectivity index (χ2n) is 5.08. The number of aliphatic hydroxyl groups is 1. The van der Waals surface area contributed by atoms with Crippen LogP contribution < -0.4 is 20.1 Å². The first-order chi connectivity index (χ1) is 11.6. The number of nitrogens with one attached hydrogen (secondary N) is 2. The highest BCUT2D eigenvalue weighted by Gasteiger charge is 2.10. The fraction of sp³-hybridized carbons (Fsp3) is 0.278. The van der Waals surface area contributed by atoms with Crippen molar-refractivity contribution in [2.75, 3.05) is 25.6 Å². The van der Waals surface area contributed by atoms with E-state index in [1.807, 2.05) is 13.0 Å². The molecule has 6 nitrogen and oxygen atoms in total. The van der Waals surface area contributed by atoms with Crippen LogP contribution in [0.3, 0.4) is 0 Å². The summed E-state index contributed by atoms with van der Waals surface area (Å²) in [5, 5.41) is 15.5. The van der Waals surface area contributed by atoms with Crippen molar-refractivity contribution in [3.8, 4) is 11.5 Å². The summed E-state index contributed by atoms with van der Waals surface area (Å²) in [4.78, 5) is 11.9. The number of hydrogen-bond acceptors (Lipinski definition) is 4. The van der Waals surface area contributed by atoms with E-state index < -0.39 is 12.1 Å². The predicted octanol–water partition coefficient (Wildman–Crippen LogP) is 2.95. The topological polar surface area (TPSA) is 79.8 Å². The summed E-state index contributed by atoms with van der Waals surface area (Å²) < 4.78 is 10.4. The quantitative estimate of drug-likeness (QED) is 0.729. The first kappa shape index (κ1) is 17.6. The van der Waals surface area contributed by atoms with Crippen LogP contribution in [0.5, 0.6) is 11.5 Å². The average Bonchev–Trinajstić information content (AvgIpc) is 2.60. The smallest absolute Gasteiger partial charge is 0.319 e. The molecule has 2 aromatic carbocycles. The number of rotatable bonds is 7. The van der Waals surface area contributed by atoms with Gasteiger partial charge in [0.2, 0.25) is 0 Å². The molecule has 0 aliphatic heterocycles. The SMILES string of the molecule is CCOc1cccc(NC(=O)NCC(O)c2ccc(OC)cc2)c1. The van der Waals surface area contributed by atoms with Crippen LogP contribution in [0, 0.1) is 0 Å². The first-order valence-electron chi connectivity index (χ1n) is 7.72. The van der Waals surface area contributed by atoms with Crippen LogP contribution >= 0.6 is 0 Å². The minimum atomic E-state index is -0.795. The third kappa shape index (κ3) is 5.17. The van der Waals surface area contributed by atoms with Crippen LogP contribution in [0.15, 0.2) is 48.5 Å². The number of anilines is 1. The molecule has 0 aliphatic rings. The molecule has 0 bridgehead atoms. The van der Waals surface area contributed by atoms with Crippen LogP contribution in [0.25, 0.3) is 0 Å². The molecule has 1 unspecified atom stereocenters. The number of ether oxygens (including phenoxy) is 2. The number of aliphatic hydroxyl groups excluding tert-OH is 1. The largest absolute Gasteiger partial charge is 0.497 e. The fourth-order valence-corrected chi connectivity index (χ4v) is 2.14. The zero-order valence-electron chi connectivity index (χ0n) is 13.8. The van der Waals surface area contributed by atoms with E-state index in [0.717, 1.165) is 0 Å². The van der Waals surface area contributed by atoms with Crippen molar-refractivity contribution in [1.29, 1.82) is 0 Å². The molecule has 0 aromatic heterocycles. The molecule has 24 heavy (non-hydrogen) atoms. The maximum absolute atomic E-state index is 11.9. The number of amides is 2. The molecule has 6 heteroatoms. The summed E-state index contributed by atoms with van der Waals surface area (Å²) in [5.74, 6) is 1.40. The van der Waals surface area contributed by atoms with Crippen LogP contribution in [-0.4, -0.2) is 31.4 Å². The molecule has 2 rings (SSSR count). The Hall–Kier alpha value is -2.73. The number of methoxy groups -OCH3 is 1. The molecule has 0 aliphatic carbocycles. The molecule has 0 radical (unpaired) electrons. The summed E-state index contributed by atoms with van der Waals surface area (Å²) >= 11 is 0. The van der Waals surface area contributed by atoms with E-state index >= 15 is 0 Å². The maximum Gasteiger partial charge on any atom is 0.319 e. The minimum absolute atomic E-state index is 0.101. The first-order valence-corrected chi connectivity index (χ1v) is 7.72. The monoisotopic (exact) mass is 330 g/mol. The van der Waals surface area contributed by atoms with Gasteiger partial charge >= 0.3 is 6.03 Å². The van der Waals surface area contributed by atoms with Crippen LogP contribution in [0.4, 0.5) is 10.5 Å². The summed E-state index contributed by atoms with van der Waals surface area (Å²) in [6.45, 7) is 2.56. The van der Waals surface area contributed by atoms with E-state index in [1.165, 1.54) is 0 Å². The average molecular weight is 330 g/mol. The summed E-state index contributed by atoms with van der Waals surface area (Å²) in [6, 6.07) is 13.8. The van der Waals surface area contributed by atoms with E-state index in [1.54, 1.807) is 49.6 Å². The molecule has 128 valence electrons. The van der Waals surface area contributed by atoms with E-state index in [4.69, 9.17) is 9.47 Å². The lowest BCUT2D eigenvalue weighted by Crippen LogP contribution is -2.32. The lowest BCUT2D eigenvalue weighted by molar-refractivity contribution is 0.175. The van der Waals surface area contributed by atoms with Gasteiger partial charge in [-0.3, -0.25) is 0 Å². The van der Waals surface area contributed by atoms with Crippen LogP contribution in [-0.2, 0) is 0 Å². The van der Waals surface area contributed by atoms with Crippen molar-refractivity contribution >= 4 is 11.7 Å². The fourth-order valence-electron chi connectivity index (χ4n) is 2.14. The van der Waals surface area contributed by atoms with Crippen LogP contribution in [0.2, 0.25) is 0 Å². The maximum atomic E-state index is 11.9. The Balaban J connectivity index is 1.84. The molecule has 2 aromatic rings. The highest BCUT2D eigenvalue weighted by atomic mass is 16.5. The Morgan fingerprint density at radius 2 is 1.92 bits per heavy atom. The normalized spacial score (nSPS) is 11.5. The van der Waals surface area contributed by atoms with Gasteiger partial charge in [-0.15, -0.1) is 0 Å². The molecule has 3 N–H and O–H groups in total. The highest BCUT2D eigenvalue weighted by molar-refractivity contribution is 5.89. The Morgan fingerprint density at radius 1 is 1.17 bits per heavy atom. The Bertz CT molecular complexity index is 658. The molecule has 2 amide bonds. The number of carbonyl (C=O) groups is 1. The van der Waals surface area contributed by atoms with E-state index in [2.05, 4.69) is 10.6 Å². The third-order valence-electron chi connectivity index (χ3n) is 3.36. The number of benzene rings is 2. The molecule has 0 saturated heterocycles. The highest BCUT2D eigenvalue weighted by Crippen LogP contribution is 2.18. The zero-order chi connectivity index (χ0) is 17.4.